The Bertz CT molecular complexity index is 1210. The fourth-order valence-corrected chi connectivity index (χ4v) is 5.29. The lowest BCUT2D eigenvalue weighted by molar-refractivity contribution is 0.0662. The third-order valence-corrected chi connectivity index (χ3v) is 7.47. The molecule has 35 heavy (non-hydrogen) atoms. The molecule has 2 heterocycles. The molecule has 0 radical (unpaired) electrons. The quantitative estimate of drug-likeness (QED) is 0.409. The molecule has 3 aromatic rings. The molecule has 8 heteroatoms. The van der Waals surface area contributed by atoms with E-state index in [1.165, 1.54) is 24.5 Å². The number of hydrogen-bond donors (Lipinski definition) is 0. The van der Waals surface area contributed by atoms with E-state index in [1.54, 1.807) is 17.9 Å². The molecule has 0 saturated carbocycles. The highest BCUT2D eigenvalue weighted by atomic mass is 19.1. The number of rotatable bonds is 7. The minimum absolute atomic E-state index is 0.144. The zero-order valence-electron chi connectivity index (χ0n) is 20.9. The maximum Gasteiger partial charge on any atom is 0.275 e. The molecular weight excluding hydrogens is 450 g/mol. The summed E-state index contributed by atoms with van der Waals surface area (Å²) in [6.45, 7) is 10.9. The molecular formula is C27H32F2N4O2. The van der Waals surface area contributed by atoms with E-state index in [0.717, 1.165) is 30.5 Å². The maximum atomic E-state index is 14.5. The number of likely N-dealkylation sites (N-methyl/N-ethyl adjacent to an activating group) is 1. The number of aryl methyl sites for hydroxylation is 1. The average Bonchev–Trinajstić information content (AvgIpc) is 3.28. The molecule has 2 atom stereocenters. The number of aromatic nitrogens is 3. The SMILES string of the molecule is CC[C@H]1CC[C@@](CN(CC)C(=O)c2coc(C)n2)(C(C)C)c2nnc(-c3c(F)cccc3F)cc21. The first-order valence-corrected chi connectivity index (χ1v) is 12.3. The van der Waals surface area contributed by atoms with Gasteiger partial charge in [-0.15, -0.1) is 0 Å². The van der Waals surface area contributed by atoms with Gasteiger partial charge in [0.15, 0.2) is 11.6 Å². The fourth-order valence-electron chi connectivity index (χ4n) is 5.29. The van der Waals surface area contributed by atoms with Crippen LogP contribution in [0.1, 0.15) is 80.5 Å². The molecule has 0 spiro atoms. The Balaban J connectivity index is 1.80. The summed E-state index contributed by atoms with van der Waals surface area (Å²) in [6.07, 6.45) is 3.99. The van der Waals surface area contributed by atoms with Crippen molar-refractivity contribution < 1.29 is 18.0 Å². The number of nitrogens with zero attached hydrogens (tertiary/aromatic N) is 4. The summed E-state index contributed by atoms with van der Waals surface area (Å²) in [4.78, 5) is 19.3. The van der Waals surface area contributed by atoms with Gasteiger partial charge >= 0.3 is 0 Å². The van der Waals surface area contributed by atoms with E-state index in [-0.39, 0.29) is 34.7 Å². The van der Waals surface area contributed by atoms with Crippen molar-refractivity contribution in [2.24, 2.45) is 5.92 Å². The summed E-state index contributed by atoms with van der Waals surface area (Å²) in [6, 6.07) is 5.59. The molecule has 4 rings (SSSR count). The van der Waals surface area contributed by atoms with Crippen molar-refractivity contribution in [3.8, 4) is 11.3 Å². The zero-order valence-corrected chi connectivity index (χ0v) is 20.9. The van der Waals surface area contributed by atoms with Crippen LogP contribution in [0, 0.1) is 24.5 Å². The van der Waals surface area contributed by atoms with E-state index in [0.29, 0.717) is 19.0 Å². The summed E-state index contributed by atoms with van der Waals surface area (Å²) in [5, 5.41) is 8.93. The normalized spacial score (nSPS) is 19.6. The Morgan fingerprint density at radius 3 is 2.51 bits per heavy atom. The van der Waals surface area contributed by atoms with Crippen LogP contribution in [0.3, 0.4) is 0 Å². The molecule has 0 N–H and O–H groups in total. The summed E-state index contributed by atoms with van der Waals surface area (Å²) < 4.78 is 34.3. The molecule has 1 aromatic carbocycles. The third kappa shape index (κ3) is 4.46. The lowest BCUT2D eigenvalue weighted by Crippen LogP contribution is -2.49. The van der Waals surface area contributed by atoms with Crippen molar-refractivity contribution in [3.63, 3.8) is 0 Å². The van der Waals surface area contributed by atoms with Gasteiger partial charge in [0.1, 0.15) is 17.9 Å². The van der Waals surface area contributed by atoms with Crippen molar-refractivity contribution >= 4 is 5.91 Å². The van der Waals surface area contributed by atoms with Crippen LogP contribution in [0.2, 0.25) is 0 Å². The lowest BCUT2D eigenvalue weighted by atomic mass is 9.63. The van der Waals surface area contributed by atoms with Gasteiger partial charge in [0, 0.05) is 25.4 Å². The van der Waals surface area contributed by atoms with Gasteiger partial charge in [-0.1, -0.05) is 26.8 Å². The molecule has 0 saturated heterocycles. The number of oxazole rings is 1. The molecule has 0 fully saturated rings. The molecule has 0 bridgehead atoms. The van der Waals surface area contributed by atoms with Crippen molar-refractivity contribution in [1.82, 2.24) is 20.1 Å². The largest absolute Gasteiger partial charge is 0.448 e. The number of fused-ring (bicyclic) bond motifs is 1. The number of amides is 1. The lowest BCUT2D eigenvalue weighted by Gasteiger charge is -2.46. The van der Waals surface area contributed by atoms with Gasteiger partial charge in [-0.2, -0.15) is 10.2 Å². The van der Waals surface area contributed by atoms with Crippen LogP contribution >= 0.6 is 0 Å². The molecule has 2 aromatic heterocycles. The first kappa shape index (κ1) is 24.9. The highest BCUT2D eigenvalue weighted by molar-refractivity contribution is 5.92. The van der Waals surface area contributed by atoms with E-state index in [2.05, 4.69) is 36.0 Å². The monoisotopic (exact) mass is 482 g/mol. The summed E-state index contributed by atoms with van der Waals surface area (Å²) in [5.41, 5.74) is 1.63. The van der Waals surface area contributed by atoms with Crippen LogP contribution in [0.25, 0.3) is 11.3 Å². The Labute approximate surface area is 204 Å². The van der Waals surface area contributed by atoms with E-state index >= 15 is 0 Å². The highest BCUT2D eigenvalue weighted by Crippen LogP contribution is 2.48. The van der Waals surface area contributed by atoms with Gasteiger partial charge in [-0.3, -0.25) is 4.79 Å². The minimum Gasteiger partial charge on any atom is -0.448 e. The predicted octanol–water partition coefficient (Wildman–Crippen LogP) is 6.06. The van der Waals surface area contributed by atoms with E-state index < -0.39 is 17.0 Å². The molecule has 186 valence electrons. The van der Waals surface area contributed by atoms with E-state index in [1.807, 2.05) is 6.92 Å². The zero-order chi connectivity index (χ0) is 25.3. The van der Waals surface area contributed by atoms with Crippen LogP contribution in [0.15, 0.2) is 34.9 Å². The summed E-state index contributed by atoms with van der Waals surface area (Å²) in [5.74, 6) is -0.736. The van der Waals surface area contributed by atoms with Crippen LogP contribution < -0.4 is 0 Å². The highest BCUT2D eigenvalue weighted by Gasteiger charge is 2.46. The van der Waals surface area contributed by atoms with Crippen LogP contribution in [-0.2, 0) is 5.41 Å². The summed E-state index contributed by atoms with van der Waals surface area (Å²) in [7, 11) is 0. The maximum absolute atomic E-state index is 14.5. The smallest absolute Gasteiger partial charge is 0.275 e. The Morgan fingerprint density at radius 1 is 1.23 bits per heavy atom. The molecule has 1 amide bonds. The van der Waals surface area contributed by atoms with Gasteiger partial charge in [-0.05, 0) is 61.8 Å². The number of carbonyl (C=O) groups excluding carboxylic acids is 1. The first-order chi connectivity index (χ1) is 16.7. The second kappa shape index (κ2) is 9.84. The summed E-state index contributed by atoms with van der Waals surface area (Å²) >= 11 is 0. The van der Waals surface area contributed by atoms with Gasteiger partial charge in [0.05, 0.1) is 17.0 Å². The molecule has 0 aliphatic heterocycles. The van der Waals surface area contributed by atoms with Crippen LogP contribution in [0.5, 0.6) is 0 Å². The van der Waals surface area contributed by atoms with Gasteiger partial charge in [0.2, 0.25) is 0 Å². The molecule has 0 unspecified atom stereocenters. The molecule has 6 nitrogen and oxygen atoms in total. The molecule has 1 aliphatic carbocycles. The molecule has 1 aliphatic rings. The van der Waals surface area contributed by atoms with Crippen molar-refractivity contribution in [3.05, 3.63) is 65.0 Å². The Kier molecular flexibility index (Phi) is 7.01. The fraction of sp³-hybridized carbons (Fsp3) is 0.481. The van der Waals surface area contributed by atoms with E-state index in [9.17, 15) is 13.6 Å². The van der Waals surface area contributed by atoms with Crippen molar-refractivity contribution in [1.29, 1.82) is 0 Å². The van der Waals surface area contributed by atoms with E-state index in [4.69, 9.17) is 4.42 Å². The predicted molar refractivity (Wildman–Crippen MR) is 129 cm³/mol. The third-order valence-electron chi connectivity index (χ3n) is 7.47. The average molecular weight is 483 g/mol. The number of carbonyl (C=O) groups is 1. The van der Waals surface area contributed by atoms with Crippen LogP contribution in [0.4, 0.5) is 8.78 Å². The number of halogens is 2. The number of hydrogen-bond acceptors (Lipinski definition) is 5. The first-order valence-electron chi connectivity index (χ1n) is 12.3. The minimum atomic E-state index is -0.663. The van der Waals surface area contributed by atoms with Crippen molar-refractivity contribution in [2.45, 2.75) is 65.2 Å². The number of benzene rings is 1. The van der Waals surface area contributed by atoms with Crippen LogP contribution in [-0.4, -0.2) is 39.1 Å². The topological polar surface area (TPSA) is 72.1 Å². The second-order valence-electron chi connectivity index (χ2n) is 9.66. The Hall–Kier alpha value is -3.16. The standard InChI is InChI=1S/C27H32F2N4O2/c1-6-18-11-12-27(16(3)4,15-33(7-2)26(34)23-14-35-17(5)30-23)25-19(18)13-22(31-32-25)24-20(28)9-8-10-21(24)29/h8-10,13-14,16,18H,6-7,11-12,15H2,1-5H3/t18-,27+/m0/s1. The van der Waals surface area contributed by atoms with Gasteiger partial charge in [0.25, 0.3) is 5.91 Å². The Morgan fingerprint density at radius 2 is 1.94 bits per heavy atom. The second-order valence-corrected chi connectivity index (χ2v) is 9.66. The van der Waals surface area contributed by atoms with Gasteiger partial charge in [-0.25, -0.2) is 13.8 Å². The van der Waals surface area contributed by atoms with Crippen molar-refractivity contribution in [2.75, 3.05) is 13.1 Å². The van der Waals surface area contributed by atoms with Gasteiger partial charge < -0.3 is 9.32 Å².